The van der Waals surface area contributed by atoms with Gasteiger partial charge >= 0.3 is 0 Å². The summed E-state index contributed by atoms with van der Waals surface area (Å²) in [5, 5.41) is 1.46. The number of hydrogen-bond donors (Lipinski definition) is 1. The molecule has 2 aromatic rings. The van der Waals surface area contributed by atoms with E-state index in [4.69, 9.17) is 28.9 Å². The van der Waals surface area contributed by atoms with Crippen molar-refractivity contribution < 1.29 is 0 Å². The molecule has 0 aliphatic heterocycles. The number of thioether (sulfide) groups is 1. The lowest BCUT2D eigenvalue weighted by molar-refractivity contribution is 0.974. The molecule has 0 aliphatic rings. The monoisotopic (exact) mass is 286 g/mol. The van der Waals surface area contributed by atoms with E-state index >= 15 is 0 Å². The Balaban J connectivity index is 2.10. The summed E-state index contributed by atoms with van der Waals surface area (Å²) in [4.78, 5) is 12.3. The first-order valence-electron chi connectivity index (χ1n) is 4.67. The normalized spacial score (nSPS) is 10.5. The standard InChI is InChI=1S/C10H8Cl2N4S/c11-6-2-1-3-14-7(6)5-17-10-15-8(12)4-9(13)16-10/h1-4H,5H2,(H2,13,15,16). The van der Waals surface area contributed by atoms with E-state index in [9.17, 15) is 0 Å². The summed E-state index contributed by atoms with van der Waals surface area (Å²) >= 11 is 13.1. The Labute approximate surface area is 113 Å². The fraction of sp³-hybridized carbons (Fsp3) is 0.100. The molecule has 4 nitrogen and oxygen atoms in total. The average molecular weight is 287 g/mol. The number of pyridine rings is 1. The first-order valence-corrected chi connectivity index (χ1v) is 6.41. The van der Waals surface area contributed by atoms with Crippen LogP contribution in [0.1, 0.15) is 5.69 Å². The van der Waals surface area contributed by atoms with Crippen LogP contribution < -0.4 is 5.73 Å². The zero-order valence-electron chi connectivity index (χ0n) is 8.60. The minimum absolute atomic E-state index is 0.326. The van der Waals surface area contributed by atoms with Crippen LogP contribution in [0.15, 0.2) is 29.6 Å². The van der Waals surface area contributed by atoms with Crippen LogP contribution in [0.3, 0.4) is 0 Å². The molecule has 0 aliphatic carbocycles. The highest BCUT2D eigenvalue weighted by molar-refractivity contribution is 7.98. The third-order valence-corrected chi connectivity index (χ3v) is 3.26. The zero-order chi connectivity index (χ0) is 12.3. The van der Waals surface area contributed by atoms with E-state index in [2.05, 4.69) is 15.0 Å². The summed E-state index contributed by atoms with van der Waals surface area (Å²) in [6.07, 6.45) is 1.69. The summed E-state index contributed by atoms with van der Waals surface area (Å²) in [5.74, 6) is 0.916. The second-order valence-electron chi connectivity index (χ2n) is 3.12. The SMILES string of the molecule is Nc1cc(Cl)nc(SCc2ncccc2Cl)n1. The van der Waals surface area contributed by atoms with E-state index in [-0.39, 0.29) is 0 Å². The molecule has 2 N–H and O–H groups in total. The van der Waals surface area contributed by atoms with Gasteiger partial charge in [-0.1, -0.05) is 35.0 Å². The van der Waals surface area contributed by atoms with Crippen LogP contribution in [-0.2, 0) is 5.75 Å². The van der Waals surface area contributed by atoms with Gasteiger partial charge in [0.25, 0.3) is 0 Å². The molecule has 0 atom stereocenters. The van der Waals surface area contributed by atoms with Crippen LogP contribution in [0.2, 0.25) is 10.2 Å². The Kier molecular flexibility index (Phi) is 4.04. The molecule has 0 fully saturated rings. The maximum Gasteiger partial charge on any atom is 0.191 e. The fourth-order valence-electron chi connectivity index (χ4n) is 1.14. The highest BCUT2D eigenvalue weighted by Crippen LogP contribution is 2.24. The van der Waals surface area contributed by atoms with Crippen LogP contribution in [0.25, 0.3) is 0 Å². The maximum atomic E-state index is 5.99. The third-order valence-electron chi connectivity index (χ3n) is 1.87. The summed E-state index contributed by atoms with van der Waals surface area (Å²) < 4.78 is 0. The maximum absolute atomic E-state index is 5.99. The van der Waals surface area contributed by atoms with Crippen LogP contribution in [0.5, 0.6) is 0 Å². The number of aromatic nitrogens is 3. The van der Waals surface area contributed by atoms with Crippen molar-refractivity contribution in [1.29, 1.82) is 0 Å². The van der Waals surface area contributed by atoms with E-state index in [1.165, 1.54) is 17.8 Å². The van der Waals surface area contributed by atoms with Gasteiger partial charge in [-0.05, 0) is 12.1 Å². The minimum atomic E-state index is 0.326. The van der Waals surface area contributed by atoms with Gasteiger partial charge in [-0.3, -0.25) is 4.98 Å². The first-order chi connectivity index (χ1) is 8.15. The summed E-state index contributed by atoms with van der Waals surface area (Å²) in [6, 6.07) is 5.07. The Bertz CT molecular complexity index is 515. The molecule has 2 heterocycles. The van der Waals surface area contributed by atoms with Gasteiger partial charge in [-0.2, -0.15) is 0 Å². The highest BCUT2D eigenvalue weighted by Gasteiger charge is 2.05. The summed E-state index contributed by atoms with van der Waals surface area (Å²) in [7, 11) is 0. The van der Waals surface area contributed by atoms with Crippen LogP contribution in [0.4, 0.5) is 5.82 Å². The molecule has 17 heavy (non-hydrogen) atoms. The topological polar surface area (TPSA) is 64.7 Å². The Hall–Kier alpha value is -1.04. The van der Waals surface area contributed by atoms with Crippen LogP contribution in [-0.4, -0.2) is 15.0 Å². The van der Waals surface area contributed by atoms with Crippen molar-refractivity contribution in [3.05, 3.63) is 40.3 Å². The molecule has 2 aromatic heterocycles. The molecule has 0 saturated carbocycles. The van der Waals surface area contributed by atoms with Gasteiger partial charge in [0.05, 0.1) is 10.7 Å². The van der Waals surface area contributed by atoms with Gasteiger partial charge in [-0.25, -0.2) is 9.97 Å². The molecule has 0 bridgehead atoms. The number of nitrogen functional groups attached to an aromatic ring is 1. The molecular formula is C10H8Cl2N4S. The van der Waals surface area contributed by atoms with Gasteiger partial charge in [0.2, 0.25) is 0 Å². The minimum Gasteiger partial charge on any atom is -0.384 e. The Morgan fingerprint density at radius 3 is 2.82 bits per heavy atom. The molecule has 2 rings (SSSR count). The molecule has 7 heteroatoms. The lowest BCUT2D eigenvalue weighted by Gasteiger charge is -2.03. The van der Waals surface area contributed by atoms with Crippen molar-refractivity contribution in [1.82, 2.24) is 15.0 Å². The molecule has 88 valence electrons. The van der Waals surface area contributed by atoms with Crippen LogP contribution in [0, 0.1) is 0 Å². The molecule has 0 amide bonds. The summed E-state index contributed by atoms with van der Waals surface area (Å²) in [6.45, 7) is 0. The van der Waals surface area contributed by atoms with Crippen molar-refractivity contribution in [2.75, 3.05) is 5.73 Å². The number of nitrogens with two attached hydrogens (primary N) is 1. The van der Waals surface area contributed by atoms with Crippen molar-refractivity contribution in [2.45, 2.75) is 10.9 Å². The number of anilines is 1. The largest absolute Gasteiger partial charge is 0.384 e. The van der Waals surface area contributed by atoms with E-state index < -0.39 is 0 Å². The predicted molar refractivity (Wildman–Crippen MR) is 70.3 cm³/mol. The van der Waals surface area contributed by atoms with Crippen molar-refractivity contribution in [2.24, 2.45) is 0 Å². The zero-order valence-corrected chi connectivity index (χ0v) is 10.9. The molecule has 0 radical (unpaired) electrons. The Morgan fingerprint density at radius 2 is 2.12 bits per heavy atom. The fourth-order valence-corrected chi connectivity index (χ4v) is 2.47. The highest BCUT2D eigenvalue weighted by atomic mass is 35.5. The van der Waals surface area contributed by atoms with E-state index in [0.29, 0.717) is 26.9 Å². The number of halogens is 2. The van der Waals surface area contributed by atoms with Gasteiger partial charge in [0.1, 0.15) is 11.0 Å². The second kappa shape index (κ2) is 5.53. The van der Waals surface area contributed by atoms with Crippen LogP contribution >= 0.6 is 35.0 Å². The average Bonchev–Trinajstić information content (AvgIpc) is 2.27. The third kappa shape index (κ3) is 3.46. The van der Waals surface area contributed by atoms with Crippen molar-refractivity contribution in [3.63, 3.8) is 0 Å². The van der Waals surface area contributed by atoms with Gasteiger partial charge in [0, 0.05) is 18.0 Å². The molecule has 0 unspecified atom stereocenters. The van der Waals surface area contributed by atoms with Gasteiger partial charge < -0.3 is 5.73 Å². The Morgan fingerprint density at radius 1 is 1.29 bits per heavy atom. The van der Waals surface area contributed by atoms with Crippen molar-refractivity contribution in [3.8, 4) is 0 Å². The molecule has 0 saturated heterocycles. The predicted octanol–water partition coefficient (Wildman–Crippen LogP) is 3.05. The van der Waals surface area contributed by atoms with E-state index in [1.54, 1.807) is 18.3 Å². The lowest BCUT2D eigenvalue weighted by Crippen LogP contribution is -1.95. The smallest absolute Gasteiger partial charge is 0.191 e. The van der Waals surface area contributed by atoms with Gasteiger partial charge in [0.15, 0.2) is 5.16 Å². The first kappa shape index (κ1) is 12.4. The lowest BCUT2D eigenvalue weighted by atomic mass is 10.4. The van der Waals surface area contributed by atoms with Crippen molar-refractivity contribution >= 4 is 40.8 Å². The van der Waals surface area contributed by atoms with E-state index in [1.807, 2.05) is 0 Å². The summed E-state index contributed by atoms with van der Waals surface area (Å²) in [5.41, 5.74) is 6.35. The van der Waals surface area contributed by atoms with E-state index in [0.717, 1.165) is 5.69 Å². The second-order valence-corrected chi connectivity index (χ2v) is 4.86. The number of hydrogen-bond acceptors (Lipinski definition) is 5. The quantitative estimate of drug-likeness (QED) is 0.534. The molecule has 0 spiro atoms. The molecular weight excluding hydrogens is 279 g/mol. The van der Waals surface area contributed by atoms with Gasteiger partial charge in [-0.15, -0.1) is 0 Å². The number of nitrogens with zero attached hydrogens (tertiary/aromatic N) is 3. The molecule has 0 aromatic carbocycles. The number of rotatable bonds is 3.